The van der Waals surface area contributed by atoms with Crippen LogP contribution in [0, 0.1) is 17.5 Å². The van der Waals surface area contributed by atoms with Crippen LogP contribution in [0.4, 0.5) is 18.9 Å². The molecule has 2 fully saturated rings. The van der Waals surface area contributed by atoms with Crippen LogP contribution in [0.3, 0.4) is 0 Å². The lowest BCUT2D eigenvalue weighted by molar-refractivity contribution is -0.138. The number of piperidine rings is 1. The monoisotopic (exact) mass is 537 g/mol. The Morgan fingerprint density at radius 3 is 2.34 bits per heavy atom. The number of halogens is 3. The van der Waals surface area contributed by atoms with Gasteiger partial charge in [0.05, 0.1) is 12.1 Å². The van der Waals surface area contributed by atoms with Gasteiger partial charge in [0.2, 0.25) is 11.7 Å². The van der Waals surface area contributed by atoms with Crippen molar-refractivity contribution >= 4 is 11.6 Å². The molecule has 0 bridgehead atoms. The van der Waals surface area contributed by atoms with Gasteiger partial charge in [-0.15, -0.1) is 0 Å². The van der Waals surface area contributed by atoms with Crippen molar-refractivity contribution in [2.24, 2.45) is 0 Å². The van der Waals surface area contributed by atoms with Crippen LogP contribution in [0.25, 0.3) is 0 Å². The molecule has 0 radical (unpaired) electrons. The summed E-state index contributed by atoms with van der Waals surface area (Å²) < 4.78 is 51.5. The third-order valence-corrected chi connectivity index (χ3v) is 7.13. The number of rotatable bonds is 8. The van der Waals surface area contributed by atoms with Crippen molar-refractivity contribution in [3.8, 4) is 5.75 Å². The van der Waals surface area contributed by atoms with E-state index in [1.54, 1.807) is 12.1 Å². The number of hydrogen-bond donors (Lipinski definition) is 2. The van der Waals surface area contributed by atoms with Crippen LogP contribution in [0.5, 0.6) is 5.75 Å². The molecule has 2 aromatic rings. The minimum absolute atomic E-state index is 0.0463. The molecule has 0 saturated carbocycles. The predicted octanol–water partition coefficient (Wildman–Crippen LogP) is 2.04. The smallest absolute Gasteiger partial charge is 0.248 e. The van der Waals surface area contributed by atoms with Gasteiger partial charge in [-0.25, -0.2) is 8.78 Å². The van der Waals surface area contributed by atoms with Gasteiger partial charge in [0.25, 0.3) is 0 Å². The predicted molar refractivity (Wildman–Crippen MR) is 134 cm³/mol. The molecule has 2 heterocycles. The normalized spacial score (nSPS) is 22.3. The maximum Gasteiger partial charge on any atom is 0.248 e. The van der Waals surface area contributed by atoms with E-state index in [0.29, 0.717) is 32.5 Å². The van der Waals surface area contributed by atoms with Gasteiger partial charge in [-0.2, -0.15) is 4.39 Å². The minimum Gasteiger partial charge on any atom is -0.487 e. The van der Waals surface area contributed by atoms with Gasteiger partial charge in [-0.3, -0.25) is 9.69 Å². The lowest BCUT2D eigenvalue weighted by Crippen LogP contribution is -2.56. The van der Waals surface area contributed by atoms with Crippen molar-refractivity contribution in [3.05, 3.63) is 59.9 Å². The van der Waals surface area contributed by atoms with Crippen molar-refractivity contribution in [2.75, 3.05) is 71.0 Å². The maximum absolute atomic E-state index is 14.1. The molecule has 208 valence electrons. The van der Waals surface area contributed by atoms with E-state index in [1.165, 1.54) is 36.3 Å². The Labute approximate surface area is 220 Å². The fraction of sp³-hybridized carbons (Fsp3) is 0.519. The van der Waals surface area contributed by atoms with Gasteiger partial charge >= 0.3 is 0 Å². The Morgan fingerprint density at radius 2 is 1.66 bits per heavy atom. The Hall–Kier alpha value is -2.86. The van der Waals surface area contributed by atoms with E-state index in [-0.39, 0.29) is 50.3 Å². The summed E-state index contributed by atoms with van der Waals surface area (Å²) in [4.78, 5) is 18.0. The zero-order valence-corrected chi connectivity index (χ0v) is 21.4. The van der Waals surface area contributed by atoms with E-state index in [4.69, 9.17) is 9.47 Å². The summed E-state index contributed by atoms with van der Waals surface area (Å²) in [5.41, 5.74) is -1.78. The zero-order valence-electron chi connectivity index (χ0n) is 21.4. The SMILES string of the molecule is COCC(=O)N1CCN(CC2(O)CCN(c3ccc(F)cc3)CC2)C[C@](O)(COc2cccc(F)c2F)C1. The lowest BCUT2D eigenvalue weighted by Gasteiger charge is -2.42. The number of carbonyl (C=O) groups excluding carboxylic acids is 1. The van der Waals surface area contributed by atoms with E-state index in [1.807, 2.05) is 4.90 Å². The second kappa shape index (κ2) is 11.9. The van der Waals surface area contributed by atoms with Crippen LogP contribution in [0.15, 0.2) is 42.5 Å². The van der Waals surface area contributed by atoms with Crippen LogP contribution < -0.4 is 9.64 Å². The summed E-state index contributed by atoms with van der Waals surface area (Å²) in [6.07, 6.45) is 0.910. The second-order valence-electron chi connectivity index (χ2n) is 10.2. The number of aliphatic hydroxyl groups is 2. The molecule has 2 aliphatic rings. The highest BCUT2D eigenvalue weighted by Crippen LogP contribution is 2.29. The molecule has 8 nitrogen and oxygen atoms in total. The Balaban J connectivity index is 1.44. The molecule has 2 aromatic carbocycles. The van der Waals surface area contributed by atoms with Crippen LogP contribution in [-0.4, -0.2) is 103 Å². The average Bonchev–Trinajstić information content (AvgIpc) is 3.04. The van der Waals surface area contributed by atoms with Crippen molar-refractivity contribution in [1.29, 1.82) is 0 Å². The number of hydrogen-bond acceptors (Lipinski definition) is 7. The number of β-amino-alcohol motifs (C(OH)–C–C–N with tert-alkyl or cyclic N) is 2. The Bertz CT molecular complexity index is 1100. The highest BCUT2D eigenvalue weighted by Gasteiger charge is 2.41. The molecule has 1 atom stereocenters. The molecule has 4 rings (SSSR count). The number of nitrogens with zero attached hydrogens (tertiary/aromatic N) is 3. The first-order valence-corrected chi connectivity index (χ1v) is 12.6. The first kappa shape index (κ1) is 28.2. The average molecular weight is 538 g/mol. The van der Waals surface area contributed by atoms with E-state index in [0.717, 1.165) is 11.8 Å². The van der Waals surface area contributed by atoms with Crippen molar-refractivity contribution in [2.45, 2.75) is 24.0 Å². The first-order chi connectivity index (χ1) is 18.1. The number of anilines is 1. The summed E-state index contributed by atoms with van der Waals surface area (Å²) in [6.45, 7) is 1.45. The fourth-order valence-corrected chi connectivity index (χ4v) is 5.11. The van der Waals surface area contributed by atoms with E-state index in [2.05, 4.69) is 4.90 Å². The molecule has 2 aliphatic heterocycles. The number of benzene rings is 2. The Morgan fingerprint density at radius 1 is 0.947 bits per heavy atom. The van der Waals surface area contributed by atoms with Crippen molar-refractivity contribution < 1.29 is 37.7 Å². The van der Waals surface area contributed by atoms with Crippen molar-refractivity contribution in [3.63, 3.8) is 0 Å². The molecule has 38 heavy (non-hydrogen) atoms. The molecular formula is C27H34F3N3O5. The third kappa shape index (κ3) is 6.96. The molecule has 0 unspecified atom stereocenters. The largest absolute Gasteiger partial charge is 0.487 e. The molecule has 0 spiro atoms. The van der Waals surface area contributed by atoms with Gasteiger partial charge in [-0.05, 0) is 49.2 Å². The standard InChI is InChI=1S/C27H34F3N3O5/c1-37-15-24(34)33-14-13-31(17-27(36,18-33)19-38-23-4-2-3-22(29)25(23)30)16-26(35)9-11-32(12-10-26)21-7-5-20(28)6-8-21/h2-8,35-36H,9-19H2,1H3/t27-/m1/s1. The van der Waals surface area contributed by atoms with Gasteiger partial charge in [0.15, 0.2) is 11.6 Å². The lowest BCUT2D eigenvalue weighted by atomic mass is 9.90. The molecule has 11 heteroatoms. The van der Waals surface area contributed by atoms with E-state index in [9.17, 15) is 28.2 Å². The summed E-state index contributed by atoms with van der Waals surface area (Å²) in [5.74, 6) is -3.19. The van der Waals surface area contributed by atoms with Gasteiger partial charge < -0.3 is 29.5 Å². The fourth-order valence-electron chi connectivity index (χ4n) is 5.11. The number of methoxy groups -OCH3 is 1. The van der Waals surface area contributed by atoms with Gasteiger partial charge in [0.1, 0.15) is 24.6 Å². The highest BCUT2D eigenvalue weighted by molar-refractivity contribution is 5.77. The highest BCUT2D eigenvalue weighted by atomic mass is 19.2. The topological polar surface area (TPSA) is 85.7 Å². The zero-order chi connectivity index (χ0) is 27.3. The molecule has 1 amide bonds. The van der Waals surface area contributed by atoms with Crippen LogP contribution >= 0.6 is 0 Å². The Kier molecular flexibility index (Phi) is 8.81. The number of ether oxygens (including phenoxy) is 2. The molecule has 2 N–H and O–H groups in total. The van der Waals surface area contributed by atoms with Crippen molar-refractivity contribution in [1.82, 2.24) is 9.80 Å². The van der Waals surface area contributed by atoms with Crippen LogP contribution in [-0.2, 0) is 9.53 Å². The summed E-state index contributed by atoms with van der Waals surface area (Å²) >= 11 is 0. The maximum atomic E-state index is 14.1. The number of carbonyl (C=O) groups is 1. The summed E-state index contributed by atoms with van der Waals surface area (Å²) in [7, 11) is 1.40. The van der Waals surface area contributed by atoms with E-state index >= 15 is 0 Å². The van der Waals surface area contributed by atoms with Crippen LogP contribution in [0.1, 0.15) is 12.8 Å². The molecule has 2 saturated heterocycles. The quantitative estimate of drug-likeness (QED) is 0.533. The van der Waals surface area contributed by atoms with Crippen LogP contribution in [0.2, 0.25) is 0 Å². The van der Waals surface area contributed by atoms with Gasteiger partial charge in [-0.1, -0.05) is 6.07 Å². The number of amides is 1. The molecule has 0 aromatic heterocycles. The van der Waals surface area contributed by atoms with E-state index < -0.39 is 29.4 Å². The summed E-state index contributed by atoms with van der Waals surface area (Å²) in [6, 6.07) is 9.77. The molecular weight excluding hydrogens is 503 g/mol. The second-order valence-corrected chi connectivity index (χ2v) is 10.2. The first-order valence-electron chi connectivity index (χ1n) is 12.6. The van der Waals surface area contributed by atoms with Gasteiger partial charge in [0, 0.05) is 52.1 Å². The summed E-state index contributed by atoms with van der Waals surface area (Å²) in [5, 5.41) is 22.9. The molecule has 0 aliphatic carbocycles. The third-order valence-electron chi connectivity index (χ3n) is 7.13. The minimum atomic E-state index is -1.62.